The fraction of sp³-hybridized carbons (Fsp3) is 0.364. The van der Waals surface area contributed by atoms with Crippen molar-refractivity contribution in [3.63, 3.8) is 0 Å². The van der Waals surface area contributed by atoms with Crippen molar-refractivity contribution in [3.05, 3.63) is 78.6 Å². The number of rotatable bonds is 7. The number of hydrogen-bond donors (Lipinski definition) is 3. The number of hydrogen-bond acceptors (Lipinski definition) is 3. The Morgan fingerprint density at radius 1 is 0.974 bits per heavy atom. The number of nitrogens with zero attached hydrogens (tertiary/aromatic N) is 1. The van der Waals surface area contributed by atoms with Crippen molar-refractivity contribution in [2.45, 2.75) is 53.4 Å². The molecule has 2 atom stereocenters. The Labute approximate surface area is 230 Å². The fourth-order valence-electron chi connectivity index (χ4n) is 6.56. The molecule has 39 heavy (non-hydrogen) atoms. The quantitative estimate of drug-likeness (QED) is 0.230. The molecule has 6 nitrogen and oxygen atoms in total. The molecule has 6 heteroatoms. The van der Waals surface area contributed by atoms with Gasteiger partial charge in [-0.05, 0) is 97.5 Å². The summed E-state index contributed by atoms with van der Waals surface area (Å²) < 4.78 is 0. The van der Waals surface area contributed by atoms with Crippen molar-refractivity contribution in [1.82, 2.24) is 9.97 Å². The molecule has 5 rings (SSSR count). The number of aromatic amines is 1. The molecule has 2 aromatic heterocycles. The molecule has 202 valence electrons. The van der Waals surface area contributed by atoms with Crippen molar-refractivity contribution in [2.24, 2.45) is 23.2 Å². The molecule has 1 fully saturated rings. The predicted octanol–water partition coefficient (Wildman–Crippen LogP) is 7.91. The third kappa shape index (κ3) is 6.06. The van der Waals surface area contributed by atoms with Crippen LogP contribution in [-0.4, -0.2) is 21.8 Å². The number of amides is 2. The van der Waals surface area contributed by atoms with Gasteiger partial charge in [-0.15, -0.1) is 0 Å². The summed E-state index contributed by atoms with van der Waals surface area (Å²) in [6.45, 7) is 9.00. The number of pyridine rings is 1. The van der Waals surface area contributed by atoms with Gasteiger partial charge >= 0.3 is 0 Å². The molecule has 1 aliphatic carbocycles. The van der Waals surface area contributed by atoms with Gasteiger partial charge in [-0.25, -0.2) is 0 Å². The second kappa shape index (κ2) is 11.0. The van der Waals surface area contributed by atoms with Crippen LogP contribution >= 0.6 is 0 Å². The summed E-state index contributed by atoms with van der Waals surface area (Å²) in [6, 6.07) is 19.4. The summed E-state index contributed by atoms with van der Waals surface area (Å²) >= 11 is 0. The van der Waals surface area contributed by atoms with Crippen LogP contribution in [0.25, 0.3) is 22.2 Å². The number of fused-ring (bicyclic) bond motifs is 1. The zero-order valence-corrected chi connectivity index (χ0v) is 23.3. The maximum Gasteiger partial charge on any atom is 0.257 e. The molecule has 0 aliphatic heterocycles. The minimum absolute atomic E-state index is 0.161. The van der Waals surface area contributed by atoms with Crippen LogP contribution in [0.3, 0.4) is 0 Å². The first-order valence-electron chi connectivity index (χ1n) is 14.0. The van der Waals surface area contributed by atoms with E-state index in [2.05, 4.69) is 60.4 Å². The highest BCUT2D eigenvalue weighted by Crippen LogP contribution is 2.47. The lowest BCUT2D eigenvalue weighted by Crippen LogP contribution is -2.43. The SMILES string of the molecule is CC(C)CC1(C(=O)Nc2ccc3[nH]c(-c4ccc(NC(=O)c5cccnc5)cc4)cc3c2)CC(C)CC(C)C1. The molecule has 1 aliphatic rings. The number of carbonyl (C=O) groups is 2. The fourth-order valence-corrected chi connectivity index (χ4v) is 6.56. The van der Waals surface area contributed by atoms with E-state index in [1.54, 1.807) is 24.5 Å². The molecule has 2 unspecified atom stereocenters. The summed E-state index contributed by atoms with van der Waals surface area (Å²) in [6.07, 6.45) is 7.22. The molecule has 1 saturated carbocycles. The number of H-pyrrole nitrogens is 1. The monoisotopic (exact) mass is 522 g/mol. The van der Waals surface area contributed by atoms with Gasteiger partial charge in [0.2, 0.25) is 5.91 Å². The minimum Gasteiger partial charge on any atom is -0.355 e. The molecule has 3 N–H and O–H groups in total. The summed E-state index contributed by atoms with van der Waals surface area (Å²) in [4.78, 5) is 33.6. The zero-order chi connectivity index (χ0) is 27.6. The van der Waals surface area contributed by atoms with Crippen molar-refractivity contribution in [2.75, 3.05) is 10.6 Å². The van der Waals surface area contributed by atoms with Crippen LogP contribution in [0.2, 0.25) is 0 Å². The first-order chi connectivity index (χ1) is 18.7. The van der Waals surface area contributed by atoms with Crippen LogP contribution in [0, 0.1) is 23.2 Å². The first-order valence-corrected chi connectivity index (χ1v) is 14.0. The van der Waals surface area contributed by atoms with E-state index in [1.807, 2.05) is 36.4 Å². The van der Waals surface area contributed by atoms with Gasteiger partial charge in [0.15, 0.2) is 0 Å². The van der Waals surface area contributed by atoms with Gasteiger partial charge in [-0.1, -0.05) is 39.8 Å². The summed E-state index contributed by atoms with van der Waals surface area (Å²) in [5, 5.41) is 7.23. The summed E-state index contributed by atoms with van der Waals surface area (Å²) in [7, 11) is 0. The summed E-state index contributed by atoms with van der Waals surface area (Å²) in [5.41, 5.74) is 4.76. The van der Waals surface area contributed by atoms with Gasteiger partial charge in [0.05, 0.1) is 11.0 Å². The maximum atomic E-state index is 13.7. The molecule has 4 aromatic rings. The van der Waals surface area contributed by atoms with Crippen LogP contribution < -0.4 is 10.6 Å². The molecule has 0 saturated heterocycles. The second-order valence-corrected chi connectivity index (χ2v) is 11.9. The molecule has 2 aromatic carbocycles. The maximum absolute atomic E-state index is 13.7. The van der Waals surface area contributed by atoms with E-state index >= 15 is 0 Å². The van der Waals surface area contributed by atoms with E-state index in [-0.39, 0.29) is 17.2 Å². The zero-order valence-electron chi connectivity index (χ0n) is 23.3. The summed E-state index contributed by atoms with van der Waals surface area (Å²) in [5.74, 6) is 1.56. The molecule has 0 radical (unpaired) electrons. The number of benzene rings is 2. The third-order valence-electron chi connectivity index (χ3n) is 7.82. The van der Waals surface area contributed by atoms with Crippen molar-refractivity contribution >= 4 is 34.1 Å². The number of carbonyl (C=O) groups excluding carboxylic acids is 2. The van der Waals surface area contributed by atoms with Gasteiger partial charge in [0.1, 0.15) is 0 Å². The van der Waals surface area contributed by atoms with Crippen LogP contribution in [0.5, 0.6) is 0 Å². The Balaban J connectivity index is 1.31. The molecular weight excluding hydrogens is 484 g/mol. The molecular formula is C33H38N4O2. The second-order valence-electron chi connectivity index (χ2n) is 11.9. The minimum atomic E-state index is -0.308. The smallest absolute Gasteiger partial charge is 0.257 e. The highest BCUT2D eigenvalue weighted by Gasteiger charge is 2.44. The average molecular weight is 523 g/mol. The van der Waals surface area contributed by atoms with E-state index in [0.29, 0.717) is 23.3 Å². The molecule has 0 bridgehead atoms. The largest absolute Gasteiger partial charge is 0.355 e. The van der Waals surface area contributed by atoms with E-state index in [1.165, 1.54) is 6.42 Å². The number of nitrogens with one attached hydrogen (secondary N) is 3. The van der Waals surface area contributed by atoms with Crippen molar-refractivity contribution in [3.8, 4) is 11.3 Å². The topological polar surface area (TPSA) is 86.9 Å². The normalized spacial score (nSPS) is 21.2. The Hall–Kier alpha value is -3.93. The van der Waals surface area contributed by atoms with E-state index in [9.17, 15) is 9.59 Å². The predicted molar refractivity (Wildman–Crippen MR) is 159 cm³/mol. The Morgan fingerprint density at radius 3 is 2.36 bits per heavy atom. The van der Waals surface area contributed by atoms with Crippen molar-refractivity contribution < 1.29 is 9.59 Å². The number of aromatic nitrogens is 2. The van der Waals surface area contributed by atoms with Crippen LogP contribution in [-0.2, 0) is 4.79 Å². The third-order valence-corrected chi connectivity index (χ3v) is 7.82. The average Bonchev–Trinajstić information content (AvgIpc) is 3.32. The lowest BCUT2D eigenvalue weighted by atomic mass is 9.62. The van der Waals surface area contributed by atoms with Crippen molar-refractivity contribution in [1.29, 1.82) is 0 Å². The van der Waals surface area contributed by atoms with Crippen LogP contribution in [0.4, 0.5) is 11.4 Å². The molecule has 2 amide bonds. The standard InChI is InChI=1S/C33H38N4O2/c1-21(2)17-33(18-22(3)14-23(4)19-33)32(39)36-28-11-12-29-26(15-28)16-30(37-29)24-7-9-27(10-8-24)35-31(38)25-6-5-13-34-20-25/h5-13,15-16,20-23,37H,14,17-19H2,1-4H3,(H,35,38)(H,36,39). The van der Waals surface area contributed by atoms with Gasteiger partial charge in [0, 0.05) is 40.4 Å². The lowest BCUT2D eigenvalue weighted by molar-refractivity contribution is -0.130. The molecule has 2 heterocycles. The van der Waals surface area contributed by atoms with Gasteiger partial charge in [-0.3, -0.25) is 14.6 Å². The highest BCUT2D eigenvalue weighted by atomic mass is 16.2. The Kier molecular flexibility index (Phi) is 7.56. The van der Waals surface area contributed by atoms with E-state index in [4.69, 9.17) is 0 Å². The van der Waals surface area contributed by atoms with Gasteiger partial charge < -0.3 is 15.6 Å². The Morgan fingerprint density at radius 2 is 1.69 bits per heavy atom. The van der Waals surface area contributed by atoms with Crippen LogP contribution in [0.1, 0.15) is 63.7 Å². The number of anilines is 2. The van der Waals surface area contributed by atoms with Crippen LogP contribution in [0.15, 0.2) is 73.1 Å². The highest BCUT2D eigenvalue weighted by molar-refractivity contribution is 6.04. The van der Waals surface area contributed by atoms with Gasteiger partial charge in [0.25, 0.3) is 5.91 Å². The molecule has 0 spiro atoms. The van der Waals surface area contributed by atoms with E-state index < -0.39 is 0 Å². The van der Waals surface area contributed by atoms with Gasteiger partial charge in [-0.2, -0.15) is 0 Å². The van der Waals surface area contributed by atoms with E-state index in [0.717, 1.165) is 52.8 Å². The Bertz CT molecular complexity index is 1440. The first kappa shape index (κ1) is 26.7. The lowest BCUT2D eigenvalue weighted by Gasteiger charge is -2.42.